The van der Waals surface area contributed by atoms with E-state index in [1.165, 1.54) is 22.8 Å². The molecule has 2 aromatic rings. The third kappa shape index (κ3) is 3.01. The highest BCUT2D eigenvalue weighted by atomic mass is 35.5. The van der Waals surface area contributed by atoms with Gasteiger partial charge in [-0.1, -0.05) is 23.7 Å². The van der Waals surface area contributed by atoms with E-state index in [9.17, 15) is 4.39 Å². The minimum atomic E-state index is -0.137. The van der Waals surface area contributed by atoms with Gasteiger partial charge in [0.25, 0.3) is 0 Å². The molecule has 2 N–H and O–H groups in total. The molecule has 4 heteroatoms. The number of nitrogens with one attached hydrogen (secondary N) is 2. The molecule has 0 saturated carbocycles. The second-order valence-corrected chi connectivity index (χ2v) is 5.47. The van der Waals surface area contributed by atoms with Crippen molar-refractivity contribution in [2.45, 2.75) is 26.2 Å². The molecule has 104 valence electrons. The van der Waals surface area contributed by atoms with Crippen LogP contribution in [-0.2, 0) is 26.2 Å². The highest BCUT2D eigenvalue weighted by Crippen LogP contribution is 2.19. The van der Waals surface area contributed by atoms with E-state index in [2.05, 4.69) is 16.7 Å². The van der Waals surface area contributed by atoms with Crippen LogP contribution in [0.25, 0.3) is 0 Å². The monoisotopic (exact) mass is 290 g/mol. The highest BCUT2D eigenvalue weighted by molar-refractivity contribution is 6.30. The maximum absolute atomic E-state index is 12.5. The average Bonchev–Trinajstić information content (AvgIpc) is 3.06. The number of rotatable bonds is 0. The molecule has 2 heterocycles. The zero-order valence-electron chi connectivity index (χ0n) is 11.0. The van der Waals surface area contributed by atoms with Gasteiger partial charge < -0.3 is 10.6 Å². The quantitative estimate of drug-likeness (QED) is 0.777. The van der Waals surface area contributed by atoms with Crippen molar-refractivity contribution in [1.82, 2.24) is 10.6 Å². The Morgan fingerprint density at radius 1 is 0.750 bits per heavy atom. The number of halogens is 2. The van der Waals surface area contributed by atoms with Crippen molar-refractivity contribution in [2.75, 3.05) is 0 Å². The van der Waals surface area contributed by atoms with Gasteiger partial charge in [0.05, 0.1) is 0 Å². The molecule has 0 bridgehead atoms. The second kappa shape index (κ2) is 5.92. The number of hydrogen-bond donors (Lipinski definition) is 2. The van der Waals surface area contributed by atoms with Gasteiger partial charge in [-0.25, -0.2) is 4.39 Å². The van der Waals surface area contributed by atoms with E-state index in [4.69, 9.17) is 11.6 Å². The first-order valence-corrected chi connectivity index (χ1v) is 7.06. The molecule has 0 radical (unpaired) electrons. The molecular formula is C16H16ClFN2. The van der Waals surface area contributed by atoms with Crippen molar-refractivity contribution in [3.8, 4) is 0 Å². The molecule has 0 spiro atoms. The fraction of sp³-hybridized carbons (Fsp3) is 0.250. The second-order valence-electron chi connectivity index (χ2n) is 5.03. The smallest absolute Gasteiger partial charge is 0.123 e. The lowest BCUT2D eigenvalue weighted by Crippen LogP contribution is -1.99. The largest absolute Gasteiger partial charge is 0.309 e. The van der Waals surface area contributed by atoms with Crippen LogP contribution < -0.4 is 10.6 Å². The summed E-state index contributed by atoms with van der Waals surface area (Å²) < 4.78 is 12.5. The van der Waals surface area contributed by atoms with Crippen molar-refractivity contribution in [2.24, 2.45) is 0 Å². The van der Waals surface area contributed by atoms with Gasteiger partial charge in [0, 0.05) is 31.2 Å². The summed E-state index contributed by atoms with van der Waals surface area (Å²) in [6.45, 7) is 3.66. The van der Waals surface area contributed by atoms with Crippen LogP contribution >= 0.6 is 11.6 Å². The molecule has 2 nitrogen and oxygen atoms in total. The molecule has 0 aliphatic carbocycles. The molecule has 0 saturated heterocycles. The molecule has 0 atom stereocenters. The number of benzene rings is 2. The van der Waals surface area contributed by atoms with E-state index in [1.807, 2.05) is 18.2 Å². The van der Waals surface area contributed by atoms with Crippen LogP contribution in [0.5, 0.6) is 0 Å². The molecule has 0 fully saturated rings. The number of hydrogen-bond acceptors (Lipinski definition) is 2. The van der Waals surface area contributed by atoms with Gasteiger partial charge in [0.1, 0.15) is 5.82 Å². The Kier molecular flexibility index (Phi) is 4.01. The van der Waals surface area contributed by atoms with Crippen LogP contribution in [0.4, 0.5) is 4.39 Å². The van der Waals surface area contributed by atoms with Gasteiger partial charge >= 0.3 is 0 Å². The SMILES string of the molecule is Clc1ccc2c(c1)CNC2.Fc1ccc2c(c1)CNC2. The summed E-state index contributed by atoms with van der Waals surface area (Å²) in [6, 6.07) is 11.0. The Labute approximate surface area is 123 Å². The van der Waals surface area contributed by atoms with Gasteiger partial charge in [-0.15, -0.1) is 0 Å². The van der Waals surface area contributed by atoms with Crippen molar-refractivity contribution in [1.29, 1.82) is 0 Å². The third-order valence-corrected chi connectivity index (χ3v) is 3.83. The van der Waals surface area contributed by atoms with E-state index >= 15 is 0 Å². The summed E-state index contributed by atoms with van der Waals surface area (Å²) in [7, 11) is 0. The minimum Gasteiger partial charge on any atom is -0.309 e. The van der Waals surface area contributed by atoms with E-state index in [0.29, 0.717) is 0 Å². The van der Waals surface area contributed by atoms with Crippen LogP contribution in [0.3, 0.4) is 0 Å². The summed E-state index contributed by atoms with van der Waals surface area (Å²) in [5.41, 5.74) is 5.04. The Bertz CT molecular complexity index is 572. The van der Waals surface area contributed by atoms with E-state index < -0.39 is 0 Å². The summed E-state index contributed by atoms with van der Waals surface area (Å²) >= 11 is 5.80. The number of fused-ring (bicyclic) bond motifs is 2. The molecular weight excluding hydrogens is 275 g/mol. The van der Waals surface area contributed by atoms with Crippen molar-refractivity contribution in [3.63, 3.8) is 0 Å². The Morgan fingerprint density at radius 3 is 2.00 bits per heavy atom. The van der Waals surface area contributed by atoms with Crippen LogP contribution in [0.1, 0.15) is 22.3 Å². The fourth-order valence-corrected chi connectivity index (χ4v) is 2.72. The lowest BCUT2D eigenvalue weighted by atomic mass is 10.1. The van der Waals surface area contributed by atoms with Gasteiger partial charge in [-0.05, 0) is 46.5 Å². The zero-order valence-corrected chi connectivity index (χ0v) is 11.8. The molecule has 2 aliphatic rings. The van der Waals surface area contributed by atoms with E-state index in [0.717, 1.165) is 36.8 Å². The molecule has 4 rings (SSSR count). The lowest BCUT2D eigenvalue weighted by Gasteiger charge is -1.95. The third-order valence-electron chi connectivity index (χ3n) is 3.60. The molecule has 20 heavy (non-hydrogen) atoms. The molecule has 0 amide bonds. The average molecular weight is 291 g/mol. The minimum absolute atomic E-state index is 0.137. The first kappa shape index (κ1) is 13.6. The summed E-state index contributed by atoms with van der Waals surface area (Å²) in [6.07, 6.45) is 0. The van der Waals surface area contributed by atoms with Gasteiger partial charge in [-0.3, -0.25) is 0 Å². The topological polar surface area (TPSA) is 24.1 Å². The predicted octanol–water partition coefficient (Wildman–Crippen LogP) is 3.37. The molecule has 0 unspecified atom stereocenters. The van der Waals surface area contributed by atoms with Gasteiger partial charge in [-0.2, -0.15) is 0 Å². The summed E-state index contributed by atoms with van der Waals surface area (Å²) in [5, 5.41) is 7.24. The van der Waals surface area contributed by atoms with Crippen molar-refractivity contribution >= 4 is 11.6 Å². The molecule has 2 aliphatic heterocycles. The van der Waals surface area contributed by atoms with Crippen molar-refractivity contribution in [3.05, 3.63) is 69.5 Å². The van der Waals surface area contributed by atoms with Gasteiger partial charge in [0.15, 0.2) is 0 Å². The van der Waals surface area contributed by atoms with Crippen LogP contribution in [-0.4, -0.2) is 0 Å². The zero-order chi connectivity index (χ0) is 13.9. The normalized spacial score (nSPS) is 15.3. The lowest BCUT2D eigenvalue weighted by molar-refractivity contribution is 0.625. The molecule has 0 aromatic heterocycles. The molecule has 2 aromatic carbocycles. The maximum atomic E-state index is 12.5. The first-order chi connectivity index (χ1) is 9.72. The van der Waals surface area contributed by atoms with E-state index in [-0.39, 0.29) is 5.82 Å². The predicted molar refractivity (Wildman–Crippen MR) is 78.9 cm³/mol. The standard InChI is InChI=1S/C8H8ClN.C8H8FN/c2*9-8-2-1-6-4-10-5-7(6)3-8/h2*1-3,10H,4-5H2. The highest BCUT2D eigenvalue weighted by Gasteiger charge is 2.09. The maximum Gasteiger partial charge on any atom is 0.123 e. The van der Waals surface area contributed by atoms with Crippen LogP contribution in [0.15, 0.2) is 36.4 Å². The van der Waals surface area contributed by atoms with Gasteiger partial charge in [0.2, 0.25) is 0 Å². The Balaban J connectivity index is 0.000000121. The first-order valence-electron chi connectivity index (χ1n) is 6.68. The van der Waals surface area contributed by atoms with Crippen LogP contribution in [0, 0.1) is 5.82 Å². The Hall–Kier alpha value is -1.42. The summed E-state index contributed by atoms with van der Waals surface area (Å²) in [5.74, 6) is -0.137. The van der Waals surface area contributed by atoms with E-state index in [1.54, 1.807) is 6.07 Å². The fourth-order valence-electron chi connectivity index (χ4n) is 2.53. The Morgan fingerprint density at radius 2 is 1.30 bits per heavy atom. The summed E-state index contributed by atoms with van der Waals surface area (Å²) in [4.78, 5) is 0. The van der Waals surface area contributed by atoms with Crippen molar-refractivity contribution < 1.29 is 4.39 Å². The van der Waals surface area contributed by atoms with Crippen LogP contribution in [0.2, 0.25) is 5.02 Å².